The molecule has 1 aromatic carbocycles. The number of halogens is 1. The zero-order valence-corrected chi connectivity index (χ0v) is 18.5. The second-order valence-corrected chi connectivity index (χ2v) is 6.85. The molecule has 0 saturated carbocycles. The lowest BCUT2D eigenvalue weighted by Gasteiger charge is -2.29. The van der Waals surface area contributed by atoms with Crippen LogP contribution >= 0.6 is 0 Å². The summed E-state index contributed by atoms with van der Waals surface area (Å²) in [6.45, 7) is 12.1. The molecule has 7 heteroatoms. The smallest absolute Gasteiger partial charge is 0.414 e. The van der Waals surface area contributed by atoms with Gasteiger partial charge < -0.3 is 19.7 Å². The van der Waals surface area contributed by atoms with E-state index in [4.69, 9.17) is 9.47 Å². The van der Waals surface area contributed by atoms with Gasteiger partial charge in [-0.15, -0.1) is 0 Å². The Bertz CT molecular complexity index is 745. The summed E-state index contributed by atoms with van der Waals surface area (Å²) in [6.07, 6.45) is 5.37. The number of hydrogen-bond donors (Lipinski definition) is 1. The van der Waals surface area contributed by atoms with Crippen LogP contribution in [0.4, 0.5) is 20.6 Å². The van der Waals surface area contributed by atoms with E-state index in [0.717, 1.165) is 0 Å². The van der Waals surface area contributed by atoms with Crippen LogP contribution in [0.5, 0.6) is 0 Å². The number of hydrogen-bond acceptors (Lipinski definition) is 5. The highest BCUT2D eigenvalue weighted by atomic mass is 19.1. The van der Waals surface area contributed by atoms with Gasteiger partial charge in [-0.05, 0) is 37.6 Å². The topological polar surface area (TPSA) is 54.0 Å². The highest BCUT2D eigenvalue weighted by Crippen LogP contribution is 2.28. The molecule has 6 nitrogen and oxygen atoms in total. The van der Waals surface area contributed by atoms with E-state index in [1.807, 2.05) is 50.8 Å². The number of nitrogens with one attached hydrogen (secondary N) is 1. The summed E-state index contributed by atoms with van der Waals surface area (Å²) in [4.78, 5) is 15.7. The number of allylic oxidation sites excluding steroid dienone is 2. The van der Waals surface area contributed by atoms with Crippen molar-refractivity contribution in [1.29, 1.82) is 0 Å². The zero-order chi connectivity index (χ0) is 21.9. The third-order valence-electron chi connectivity index (χ3n) is 4.92. The molecule has 30 heavy (non-hydrogen) atoms. The molecule has 1 amide bonds. The molecule has 2 heterocycles. The van der Waals surface area contributed by atoms with Gasteiger partial charge in [-0.3, -0.25) is 4.90 Å². The summed E-state index contributed by atoms with van der Waals surface area (Å²) >= 11 is 0. The third-order valence-corrected chi connectivity index (χ3v) is 4.92. The van der Waals surface area contributed by atoms with Crippen LogP contribution in [0.15, 0.2) is 42.0 Å². The quantitative estimate of drug-likeness (QED) is 0.674. The molecule has 3 rings (SSSR count). The fourth-order valence-corrected chi connectivity index (χ4v) is 3.41. The first-order valence-corrected chi connectivity index (χ1v) is 10.7. The number of benzene rings is 1. The van der Waals surface area contributed by atoms with Crippen LogP contribution in [-0.2, 0) is 9.47 Å². The molecule has 0 aromatic heterocycles. The Hall–Kier alpha value is -2.38. The number of nitrogens with zero attached hydrogens (tertiary/aromatic N) is 2. The number of ether oxygens (including phenoxy) is 2. The Morgan fingerprint density at radius 1 is 1.27 bits per heavy atom. The number of cyclic esters (lactones) is 1. The van der Waals surface area contributed by atoms with Crippen LogP contribution in [0.2, 0.25) is 0 Å². The summed E-state index contributed by atoms with van der Waals surface area (Å²) in [5.74, 6) is -0.335. The first-order valence-electron chi connectivity index (χ1n) is 10.7. The number of morpholine rings is 1. The zero-order valence-electron chi connectivity index (χ0n) is 18.5. The predicted molar refractivity (Wildman–Crippen MR) is 120 cm³/mol. The number of anilines is 2. The van der Waals surface area contributed by atoms with E-state index in [1.54, 1.807) is 12.1 Å². The van der Waals surface area contributed by atoms with Crippen molar-refractivity contribution in [1.82, 2.24) is 5.32 Å². The molecule has 0 bridgehead atoms. The van der Waals surface area contributed by atoms with E-state index in [1.165, 1.54) is 16.5 Å². The normalized spacial score (nSPS) is 19.7. The summed E-state index contributed by atoms with van der Waals surface area (Å²) in [5, 5.41) is 3.30. The largest absolute Gasteiger partial charge is 0.443 e. The minimum Gasteiger partial charge on any atom is -0.443 e. The molecule has 2 fully saturated rings. The number of rotatable bonds is 7. The van der Waals surface area contributed by atoms with Gasteiger partial charge in [-0.25, -0.2) is 9.18 Å². The van der Waals surface area contributed by atoms with Crippen molar-refractivity contribution >= 4 is 17.5 Å². The molecule has 2 saturated heterocycles. The lowest BCUT2D eigenvalue weighted by atomic mass is 10.2. The van der Waals surface area contributed by atoms with Gasteiger partial charge >= 0.3 is 6.09 Å². The van der Waals surface area contributed by atoms with E-state index in [-0.39, 0.29) is 11.9 Å². The maximum atomic E-state index is 14.6. The average Bonchev–Trinajstić information content (AvgIpc) is 3.15. The molecule has 166 valence electrons. The first kappa shape index (κ1) is 23.9. The van der Waals surface area contributed by atoms with Crippen LogP contribution in [0, 0.1) is 5.82 Å². The molecule has 1 unspecified atom stereocenters. The van der Waals surface area contributed by atoms with Crippen molar-refractivity contribution in [3.63, 3.8) is 0 Å². The van der Waals surface area contributed by atoms with Crippen molar-refractivity contribution in [3.8, 4) is 0 Å². The Morgan fingerprint density at radius 3 is 2.63 bits per heavy atom. The minimum absolute atomic E-state index is 0.266. The third kappa shape index (κ3) is 6.31. The van der Waals surface area contributed by atoms with E-state index in [2.05, 4.69) is 5.32 Å². The molecular formula is C23H34FN3O3. The fourth-order valence-electron chi connectivity index (χ4n) is 3.41. The van der Waals surface area contributed by atoms with Gasteiger partial charge in [0.05, 0.1) is 31.1 Å². The number of carbonyl (C=O) groups excluding carboxylic acids is 1. The first-order chi connectivity index (χ1) is 14.6. The molecule has 0 radical (unpaired) electrons. The van der Waals surface area contributed by atoms with Crippen LogP contribution < -0.4 is 15.1 Å². The monoisotopic (exact) mass is 419 g/mol. The standard InChI is InChI=1S/C21H28FN3O3.C2H6/c1-3-5-16(4-2)13-23-14-18-15-25(21(26)28-18)17-6-7-20(19(22)12-17)24-8-10-27-11-9-24;1-2/h3-7,12,18,23H,8-11,13-15H2,1-2H3;1-2H3/b5-3-,16-4+;. The highest BCUT2D eigenvalue weighted by molar-refractivity contribution is 5.90. The van der Waals surface area contributed by atoms with E-state index in [0.29, 0.717) is 57.3 Å². The van der Waals surface area contributed by atoms with E-state index in [9.17, 15) is 9.18 Å². The SMILES string of the molecule is C/C=C\C(=C/C)CNCC1CN(c2ccc(N3CCOCC3)c(F)c2)C(=O)O1.CC. The molecule has 1 atom stereocenters. The minimum atomic E-state index is -0.440. The van der Waals surface area contributed by atoms with Gasteiger partial charge in [0.15, 0.2) is 0 Å². The summed E-state index contributed by atoms with van der Waals surface area (Å²) in [7, 11) is 0. The lowest BCUT2D eigenvalue weighted by Crippen LogP contribution is -2.36. The number of amides is 1. The van der Waals surface area contributed by atoms with Crippen molar-refractivity contribution < 1.29 is 18.7 Å². The Kier molecular flexibility index (Phi) is 9.83. The second-order valence-electron chi connectivity index (χ2n) is 6.85. The highest BCUT2D eigenvalue weighted by Gasteiger charge is 2.32. The summed E-state index contributed by atoms with van der Waals surface area (Å²) < 4.78 is 25.4. The van der Waals surface area contributed by atoms with Crippen LogP contribution in [-0.4, -0.2) is 58.1 Å². The van der Waals surface area contributed by atoms with Gasteiger partial charge in [-0.2, -0.15) is 0 Å². The maximum absolute atomic E-state index is 14.6. The van der Waals surface area contributed by atoms with Crippen LogP contribution in [0.25, 0.3) is 0 Å². The van der Waals surface area contributed by atoms with Gasteiger partial charge in [0, 0.05) is 26.2 Å². The molecular weight excluding hydrogens is 385 g/mol. The van der Waals surface area contributed by atoms with Crippen molar-refractivity contribution in [2.75, 3.05) is 55.7 Å². The molecule has 0 aliphatic carbocycles. The lowest BCUT2D eigenvalue weighted by molar-refractivity contribution is 0.122. The van der Waals surface area contributed by atoms with Gasteiger partial charge in [-0.1, -0.05) is 32.1 Å². The van der Waals surface area contributed by atoms with Crippen LogP contribution in [0.1, 0.15) is 27.7 Å². The molecule has 0 spiro atoms. The van der Waals surface area contributed by atoms with E-state index < -0.39 is 6.09 Å². The Morgan fingerprint density at radius 2 is 2.00 bits per heavy atom. The van der Waals surface area contributed by atoms with Gasteiger partial charge in [0.25, 0.3) is 0 Å². The number of carbonyl (C=O) groups is 1. The van der Waals surface area contributed by atoms with Crippen molar-refractivity contribution in [3.05, 3.63) is 47.8 Å². The maximum Gasteiger partial charge on any atom is 0.414 e. The van der Waals surface area contributed by atoms with Crippen molar-refractivity contribution in [2.45, 2.75) is 33.8 Å². The molecule has 2 aliphatic heterocycles. The van der Waals surface area contributed by atoms with Crippen molar-refractivity contribution in [2.24, 2.45) is 0 Å². The average molecular weight is 420 g/mol. The van der Waals surface area contributed by atoms with E-state index >= 15 is 0 Å². The van der Waals surface area contributed by atoms with Gasteiger partial charge in [0.2, 0.25) is 0 Å². The summed E-state index contributed by atoms with van der Waals surface area (Å²) in [5.41, 5.74) is 2.23. The predicted octanol–water partition coefficient (Wildman–Crippen LogP) is 4.13. The fraction of sp³-hybridized carbons (Fsp3) is 0.522. The Labute approximate surface area is 179 Å². The second kappa shape index (κ2) is 12.3. The molecule has 2 aliphatic rings. The van der Waals surface area contributed by atoms with Gasteiger partial charge in [0.1, 0.15) is 11.9 Å². The Balaban J connectivity index is 0.00000155. The molecule has 1 N–H and O–H groups in total. The molecule has 1 aromatic rings. The summed E-state index contributed by atoms with van der Waals surface area (Å²) in [6, 6.07) is 4.91. The van der Waals surface area contributed by atoms with Crippen LogP contribution in [0.3, 0.4) is 0 Å².